The predicted octanol–water partition coefficient (Wildman–Crippen LogP) is 5.77. The molecule has 0 aliphatic carbocycles. The molecule has 0 heterocycles. The molecule has 0 aliphatic heterocycles. The number of alkyl halides is 1. The molecule has 0 aliphatic rings. The first-order valence-electron chi connectivity index (χ1n) is 9.10. The summed E-state index contributed by atoms with van der Waals surface area (Å²) in [6, 6.07) is 0. The van der Waals surface area contributed by atoms with Crippen LogP contribution in [-0.4, -0.2) is 29.8 Å². The summed E-state index contributed by atoms with van der Waals surface area (Å²) >= 11 is 5.72. The third-order valence-electron chi connectivity index (χ3n) is 4.03. The monoisotopic (exact) mass is 317 g/mol. The maximum absolute atomic E-state index is 11.8. The van der Waals surface area contributed by atoms with Crippen molar-refractivity contribution >= 4 is 17.5 Å². The number of nitrogens with zero attached hydrogens (tertiary/aromatic N) is 1. The van der Waals surface area contributed by atoms with Crippen LogP contribution in [0.5, 0.6) is 0 Å². The Kier molecular flexibility index (Phi) is 16.0. The molecule has 126 valence electrons. The van der Waals surface area contributed by atoms with Gasteiger partial charge in [-0.1, -0.05) is 78.1 Å². The summed E-state index contributed by atoms with van der Waals surface area (Å²) < 4.78 is 0. The number of amides is 1. The lowest BCUT2D eigenvalue weighted by atomic mass is 10.1. The van der Waals surface area contributed by atoms with E-state index in [1.807, 2.05) is 4.90 Å². The third kappa shape index (κ3) is 13.2. The van der Waals surface area contributed by atoms with Gasteiger partial charge in [0, 0.05) is 13.1 Å². The van der Waals surface area contributed by atoms with Gasteiger partial charge in [0.05, 0.1) is 0 Å². The van der Waals surface area contributed by atoms with Crippen LogP contribution in [0.15, 0.2) is 0 Å². The van der Waals surface area contributed by atoms with E-state index in [4.69, 9.17) is 11.6 Å². The van der Waals surface area contributed by atoms with Crippen molar-refractivity contribution in [2.24, 2.45) is 0 Å². The number of carbonyl (C=O) groups is 1. The first kappa shape index (κ1) is 20.8. The van der Waals surface area contributed by atoms with Crippen molar-refractivity contribution in [3.8, 4) is 0 Å². The fraction of sp³-hybridized carbons (Fsp3) is 0.944. The Morgan fingerprint density at radius 2 is 1.10 bits per heavy atom. The van der Waals surface area contributed by atoms with Crippen LogP contribution in [0.25, 0.3) is 0 Å². The average molecular weight is 318 g/mol. The Labute approximate surface area is 137 Å². The van der Waals surface area contributed by atoms with E-state index in [9.17, 15) is 4.79 Å². The van der Waals surface area contributed by atoms with Crippen LogP contribution in [0.1, 0.15) is 90.9 Å². The highest BCUT2D eigenvalue weighted by atomic mass is 35.5. The quantitative estimate of drug-likeness (QED) is 0.277. The Morgan fingerprint density at radius 3 is 1.48 bits per heavy atom. The SMILES string of the molecule is CCCCCCCCN(CCCCCCCC)C(=O)CCl. The molecule has 0 saturated carbocycles. The summed E-state index contributed by atoms with van der Waals surface area (Å²) in [5.74, 6) is 0.241. The second-order valence-corrected chi connectivity index (χ2v) is 6.32. The van der Waals surface area contributed by atoms with Crippen molar-refractivity contribution in [2.45, 2.75) is 90.9 Å². The summed E-state index contributed by atoms with van der Waals surface area (Å²) in [7, 11) is 0. The summed E-state index contributed by atoms with van der Waals surface area (Å²) in [5.41, 5.74) is 0. The molecule has 0 aromatic carbocycles. The van der Waals surface area contributed by atoms with Crippen LogP contribution in [0.4, 0.5) is 0 Å². The van der Waals surface area contributed by atoms with Gasteiger partial charge in [-0.05, 0) is 12.8 Å². The topological polar surface area (TPSA) is 20.3 Å². The molecule has 0 spiro atoms. The highest BCUT2D eigenvalue weighted by Gasteiger charge is 2.11. The highest BCUT2D eigenvalue weighted by Crippen LogP contribution is 2.09. The normalized spacial score (nSPS) is 10.8. The predicted molar refractivity (Wildman–Crippen MR) is 94.1 cm³/mol. The summed E-state index contributed by atoms with van der Waals surface area (Å²) in [6.07, 6.45) is 15.2. The lowest BCUT2D eigenvalue weighted by Crippen LogP contribution is -2.33. The van der Waals surface area contributed by atoms with E-state index in [0.717, 1.165) is 25.9 Å². The van der Waals surface area contributed by atoms with Gasteiger partial charge in [0.1, 0.15) is 5.88 Å². The van der Waals surface area contributed by atoms with Gasteiger partial charge in [-0.3, -0.25) is 4.79 Å². The van der Waals surface area contributed by atoms with E-state index in [1.54, 1.807) is 0 Å². The second-order valence-electron chi connectivity index (χ2n) is 6.05. The molecule has 2 nitrogen and oxygen atoms in total. The van der Waals surface area contributed by atoms with Gasteiger partial charge in [-0.15, -0.1) is 11.6 Å². The molecule has 0 N–H and O–H groups in total. The molecule has 0 atom stereocenters. The largest absolute Gasteiger partial charge is 0.342 e. The molecule has 21 heavy (non-hydrogen) atoms. The maximum Gasteiger partial charge on any atom is 0.237 e. The first-order valence-corrected chi connectivity index (χ1v) is 9.63. The maximum atomic E-state index is 11.8. The molecule has 3 heteroatoms. The van der Waals surface area contributed by atoms with E-state index in [-0.39, 0.29) is 11.8 Å². The van der Waals surface area contributed by atoms with Crippen LogP contribution in [0, 0.1) is 0 Å². The van der Waals surface area contributed by atoms with E-state index >= 15 is 0 Å². The minimum absolute atomic E-state index is 0.110. The number of hydrogen-bond donors (Lipinski definition) is 0. The van der Waals surface area contributed by atoms with E-state index < -0.39 is 0 Å². The van der Waals surface area contributed by atoms with E-state index in [0.29, 0.717) is 0 Å². The van der Waals surface area contributed by atoms with Crippen molar-refractivity contribution in [3.63, 3.8) is 0 Å². The zero-order chi connectivity index (χ0) is 15.8. The Bertz CT molecular complexity index is 217. The van der Waals surface area contributed by atoms with Gasteiger partial charge in [-0.25, -0.2) is 0 Å². The zero-order valence-corrected chi connectivity index (χ0v) is 15.1. The van der Waals surface area contributed by atoms with Crippen molar-refractivity contribution < 1.29 is 4.79 Å². The molecule has 0 radical (unpaired) electrons. The number of hydrogen-bond acceptors (Lipinski definition) is 1. The third-order valence-corrected chi connectivity index (χ3v) is 4.26. The smallest absolute Gasteiger partial charge is 0.237 e. The molecule has 0 rings (SSSR count). The van der Waals surface area contributed by atoms with Gasteiger partial charge in [0.2, 0.25) is 5.91 Å². The summed E-state index contributed by atoms with van der Waals surface area (Å²) in [6.45, 7) is 6.27. The standard InChI is InChI=1S/C18H36ClNO/c1-3-5-7-9-11-13-15-20(18(21)17-19)16-14-12-10-8-6-4-2/h3-17H2,1-2H3. The number of halogens is 1. The van der Waals surface area contributed by atoms with Crippen LogP contribution in [0.2, 0.25) is 0 Å². The van der Waals surface area contributed by atoms with Crippen molar-refractivity contribution in [1.82, 2.24) is 4.90 Å². The lowest BCUT2D eigenvalue weighted by molar-refractivity contribution is -0.128. The Morgan fingerprint density at radius 1 is 0.714 bits per heavy atom. The van der Waals surface area contributed by atoms with Gasteiger partial charge >= 0.3 is 0 Å². The number of rotatable bonds is 15. The van der Waals surface area contributed by atoms with E-state index in [1.165, 1.54) is 64.2 Å². The van der Waals surface area contributed by atoms with Gasteiger partial charge in [-0.2, -0.15) is 0 Å². The lowest BCUT2D eigenvalue weighted by Gasteiger charge is -2.21. The average Bonchev–Trinajstić information content (AvgIpc) is 2.51. The number of carbonyl (C=O) groups excluding carboxylic acids is 1. The molecular formula is C18H36ClNO. The molecule has 0 unspecified atom stereocenters. The summed E-state index contributed by atoms with van der Waals surface area (Å²) in [4.78, 5) is 13.8. The minimum Gasteiger partial charge on any atom is -0.342 e. The molecular weight excluding hydrogens is 282 g/mol. The molecule has 0 saturated heterocycles. The van der Waals surface area contributed by atoms with Crippen molar-refractivity contribution in [1.29, 1.82) is 0 Å². The zero-order valence-electron chi connectivity index (χ0n) is 14.3. The molecule has 0 bridgehead atoms. The van der Waals surface area contributed by atoms with Crippen molar-refractivity contribution in [3.05, 3.63) is 0 Å². The van der Waals surface area contributed by atoms with Crippen molar-refractivity contribution in [2.75, 3.05) is 19.0 Å². The fourth-order valence-electron chi connectivity index (χ4n) is 2.61. The van der Waals surface area contributed by atoms with Gasteiger partial charge in [0.15, 0.2) is 0 Å². The first-order chi connectivity index (χ1) is 10.3. The second kappa shape index (κ2) is 16.1. The minimum atomic E-state index is 0.110. The van der Waals surface area contributed by atoms with E-state index in [2.05, 4.69) is 13.8 Å². The fourth-order valence-corrected chi connectivity index (χ4v) is 2.78. The van der Waals surface area contributed by atoms with Crippen LogP contribution < -0.4 is 0 Å². The molecule has 0 aromatic heterocycles. The summed E-state index contributed by atoms with van der Waals surface area (Å²) in [5, 5.41) is 0. The Balaban J connectivity index is 3.70. The van der Waals surface area contributed by atoms with Gasteiger partial charge in [0.25, 0.3) is 0 Å². The highest BCUT2D eigenvalue weighted by molar-refractivity contribution is 6.27. The van der Waals surface area contributed by atoms with Crippen LogP contribution >= 0.6 is 11.6 Å². The Hall–Kier alpha value is -0.240. The van der Waals surface area contributed by atoms with Gasteiger partial charge < -0.3 is 4.90 Å². The molecule has 0 fully saturated rings. The number of unbranched alkanes of at least 4 members (excludes halogenated alkanes) is 10. The van der Waals surface area contributed by atoms with Crippen LogP contribution in [0.3, 0.4) is 0 Å². The van der Waals surface area contributed by atoms with Crippen LogP contribution in [-0.2, 0) is 4.79 Å². The molecule has 1 amide bonds. The molecule has 0 aromatic rings.